The van der Waals surface area contributed by atoms with Crippen LogP contribution >= 0.6 is 11.8 Å². The van der Waals surface area contributed by atoms with Crippen LogP contribution in [0.5, 0.6) is 0 Å². The molecule has 0 amide bonds. The third-order valence-corrected chi connectivity index (χ3v) is 9.22. The van der Waals surface area contributed by atoms with Gasteiger partial charge in [-0.3, -0.25) is 4.79 Å². The Morgan fingerprint density at radius 2 is 1.76 bits per heavy atom. The molecule has 33 heavy (non-hydrogen) atoms. The summed E-state index contributed by atoms with van der Waals surface area (Å²) >= 11 is 1.67. The highest BCUT2D eigenvalue weighted by Gasteiger charge is 2.41. The van der Waals surface area contributed by atoms with E-state index in [0.717, 1.165) is 28.1 Å². The van der Waals surface area contributed by atoms with Gasteiger partial charge in [-0.15, -0.1) is 11.8 Å². The Balaban J connectivity index is 1.57. The number of pyridine rings is 1. The standard InChI is InChI=1S/C25H23N3O3S2/c1-32-21-8-6-18(7-9-21)22-10-11-24(29)28-15-17-12-20(25(22)28)16-27(14-17)33(30,31)23-5-3-2-4-19(23)13-26/h2-11,17,20H,12,14-16H2,1H3/t17-,20-/m0/s1. The maximum absolute atomic E-state index is 13.5. The molecule has 8 heteroatoms. The van der Waals surface area contributed by atoms with E-state index in [0.29, 0.717) is 13.1 Å². The Labute approximate surface area is 197 Å². The Morgan fingerprint density at radius 1 is 1.00 bits per heavy atom. The van der Waals surface area contributed by atoms with Gasteiger partial charge >= 0.3 is 0 Å². The molecule has 2 aromatic carbocycles. The van der Waals surface area contributed by atoms with Crippen LogP contribution in [0, 0.1) is 17.2 Å². The van der Waals surface area contributed by atoms with Gasteiger partial charge in [0.25, 0.3) is 5.56 Å². The van der Waals surface area contributed by atoms with E-state index in [9.17, 15) is 18.5 Å². The van der Waals surface area contributed by atoms with Gasteiger partial charge in [-0.05, 0) is 54.5 Å². The fraction of sp³-hybridized carbons (Fsp3) is 0.280. The summed E-state index contributed by atoms with van der Waals surface area (Å²) in [5, 5.41) is 9.43. The van der Waals surface area contributed by atoms with Gasteiger partial charge in [0.2, 0.25) is 10.0 Å². The summed E-state index contributed by atoms with van der Waals surface area (Å²) in [5.41, 5.74) is 3.01. The van der Waals surface area contributed by atoms with Crippen molar-refractivity contribution in [3.8, 4) is 17.2 Å². The number of nitriles is 1. The van der Waals surface area contributed by atoms with Crippen LogP contribution < -0.4 is 5.56 Å². The van der Waals surface area contributed by atoms with E-state index in [-0.39, 0.29) is 34.4 Å². The van der Waals surface area contributed by atoms with Crippen molar-refractivity contribution in [2.45, 2.75) is 28.7 Å². The zero-order valence-corrected chi connectivity index (χ0v) is 19.8. The van der Waals surface area contributed by atoms with Crippen LogP contribution in [0.2, 0.25) is 0 Å². The first kappa shape index (κ1) is 22.0. The molecule has 1 saturated heterocycles. The third-order valence-electron chi connectivity index (χ3n) is 6.58. The van der Waals surface area contributed by atoms with Crippen molar-refractivity contribution in [3.05, 3.63) is 82.3 Å². The fourth-order valence-corrected chi connectivity index (χ4v) is 7.22. The van der Waals surface area contributed by atoms with Gasteiger partial charge in [-0.1, -0.05) is 24.3 Å². The fourth-order valence-electron chi connectivity index (χ4n) is 5.11. The first-order valence-corrected chi connectivity index (χ1v) is 13.5. The van der Waals surface area contributed by atoms with Crippen molar-refractivity contribution in [1.29, 1.82) is 5.26 Å². The first-order valence-electron chi connectivity index (χ1n) is 10.8. The van der Waals surface area contributed by atoms with E-state index in [1.165, 1.54) is 16.4 Å². The minimum Gasteiger partial charge on any atom is -0.311 e. The van der Waals surface area contributed by atoms with Gasteiger partial charge in [-0.25, -0.2) is 8.42 Å². The summed E-state index contributed by atoms with van der Waals surface area (Å²) in [5.74, 6) is -0.0438. The molecule has 2 aliphatic rings. The Bertz CT molecular complexity index is 1420. The number of piperidine rings is 1. The van der Waals surface area contributed by atoms with Gasteiger partial charge in [0, 0.05) is 47.8 Å². The number of hydrogen-bond donors (Lipinski definition) is 0. The molecule has 0 radical (unpaired) electrons. The molecule has 0 spiro atoms. The molecular weight excluding hydrogens is 454 g/mol. The van der Waals surface area contributed by atoms with Crippen LogP contribution in [-0.2, 0) is 16.6 Å². The second-order valence-electron chi connectivity index (χ2n) is 8.54. The van der Waals surface area contributed by atoms with Gasteiger partial charge in [-0.2, -0.15) is 9.57 Å². The van der Waals surface area contributed by atoms with Crippen molar-refractivity contribution >= 4 is 21.8 Å². The lowest BCUT2D eigenvalue weighted by Gasteiger charge is -2.43. The number of rotatable bonds is 4. The van der Waals surface area contributed by atoms with E-state index in [1.54, 1.807) is 30.0 Å². The average molecular weight is 478 g/mol. The van der Waals surface area contributed by atoms with Crippen molar-refractivity contribution in [1.82, 2.24) is 8.87 Å². The van der Waals surface area contributed by atoms with E-state index >= 15 is 0 Å². The quantitative estimate of drug-likeness (QED) is 0.532. The Morgan fingerprint density at radius 3 is 2.48 bits per heavy atom. The smallest absolute Gasteiger partial charge is 0.250 e. The molecule has 2 atom stereocenters. The number of sulfonamides is 1. The topological polar surface area (TPSA) is 83.2 Å². The minimum atomic E-state index is -3.83. The maximum atomic E-state index is 13.5. The Kier molecular flexibility index (Phi) is 5.65. The molecule has 1 aromatic heterocycles. The molecule has 6 nitrogen and oxygen atoms in total. The maximum Gasteiger partial charge on any atom is 0.250 e. The summed E-state index contributed by atoms with van der Waals surface area (Å²) < 4.78 is 30.4. The number of thioether (sulfide) groups is 1. The number of nitrogens with zero attached hydrogens (tertiary/aromatic N) is 3. The molecule has 5 rings (SSSR count). The van der Waals surface area contributed by atoms with Crippen LogP contribution in [0.15, 0.2) is 75.2 Å². The van der Waals surface area contributed by atoms with Crippen molar-refractivity contribution in [2.75, 3.05) is 19.3 Å². The highest BCUT2D eigenvalue weighted by molar-refractivity contribution is 7.98. The normalized spacial score (nSPS) is 20.1. The monoisotopic (exact) mass is 477 g/mol. The summed E-state index contributed by atoms with van der Waals surface area (Å²) in [4.78, 5) is 14.0. The van der Waals surface area contributed by atoms with Gasteiger partial charge in [0.15, 0.2) is 0 Å². The highest BCUT2D eigenvalue weighted by Crippen LogP contribution is 2.41. The third kappa shape index (κ3) is 3.80. The number of benzene rings is 2. The summed E-state index contributed by atoms with van der Waals surface area (Å²) in [7, 11) is -3.83. The van der Waals surface area contributed by atoms with Crippen molar-refractivity contribution < 1.29 is 8.42 Å². The second-order valence-corrected chi connectivity index (χ2v) is 11.3. The van der Waals surface area contributed by atoms with Crippen molar-refractivity contribution in [2.24, 2.45) is 5.92 Å². The summed E-state index contributed by atoms with van der Waals surface area (Å²) in [6, 6.07) is 20.0. The predicted octanol–water partition coefficient (Wildman–Crippen LogP) is 3.92. The van der Waals surface area contributed by atoms with Crippen molar-refractivity contribution in [3.63, 3.8) is 0 Å². The number of fused-ring (bicyclic) bond motifs is 4. The number of aromatic nitrogens is 1. The molecular formula is C25H23N3O3S2. The van der Waals surface area contributed by atoms with E-state index < -0.39 is 10.0 Å². The summed E-state index contributed by atoms with van der Waals surface area (Å²) in [6.07, 6.45) is 2.87. The lowest BCUT2D eigenvalue weighted by molar-refractivity contribution is 0.187. The van der Waals surface area contributed by atoms with E-state index in [1.807, 2.05) is 23.0 Å². The zero-order valence-electron chi connectivity index (χ0n) is 18.1. The lowest BCUT2D eigenvalue weighted by Crippen LogP contribution is -2.49. The van der Waals surface area contributed by atoms with Gasteiger partial charge < -0.3 is 4.57 Å². The average Bonchev–Trinajstić information content (AvgIpc) is 2.84. The minimum absolute atomic E-state index is 0.0460. The predicted molar refractivity (Wildman–Crippen MR) is 129 cm³/mol. The molecule has 168 valence electrons. The number of hydrogen-bond acceptors (Lipinski definition) is 5. The molecule has 3 heterocycles. The first-order chi connectivity index (χ1) is 15.9. The van der Waals surface area contributed by atoms with Crippen LogP contribution in [-0.4, -0.2) is 36.6 Å². The van der Waals surface area contributed by atoms with Crippen LogP contribution in [0.1, 0.15) is 23.6 Å². The summed E-state index contributed by atoms with van der Waals surface area (Å²) in [6.45, 7) is 1.13. The zero-order chi connectivity index (χ0) is 23.2. The molecule has 0 aliphatic carbocycles. The van der Waals surface area contributed by atoms with E-state index in [4.69, 9.17) is 0 Å². The molecule has 0 unspecified atom stereocenters. The van der Waals surface area contributed by atoms with Crippen LogP contribution in [0.3, 0.4) is 0 Å². The van der Waals surface area contributed by atoms with Gasteiger partial charge in [0.1, 0.15) is 6.07 Å². The molecule has 3 aromatic rings. The van der Waals surface area contributed by atoms with Crippen LogP contribution in [0.25, 0.3) is 11.1 Å². The van der Waals surface area contributed by atoms with Gasteiger partial charge in [0.05, 0.1) is 10.5 Å². The Hall–Kier alpha value is -2.86. The second kappa shape index (κ2) is 8.49. The lowest BCUT2D eigenvalue weighted by atomic mass is 9.81. The largest absolute Gasteiger partial charge is 0.311 e. The molecule has 2 aliphatic heterocycles. The SMILES string of the molecule is CSc1ccc(-c2ccc(=O)n3c2[C@H]2C[C@@H](CN(S(=O)(=O)c4ccccc4C#N)C2)C3)cc1. The molecule has 0 saturated carbocycles. The molecule has 0 N–H and O–H groups in total. The molecule has 1 fully saturated rings. The molecule has 2 bridgehead atoms. The van der Waals surface area contributed by atoms with E-state index in [2.05, 4.69) is 24.3 Å². The highest BCUT2D eigenvalue weighted by atomic mass is 32.2. The van der Waals surface area contributed by atoms with Crippen LogP contribution in [0.4, 0.5) is 0 Å².